The topological polar surface area (TPSA) is 70.8 Å². The number of hydrogen-bond donors (Lipinski definition) is 0. The number of para-hydroxylation sites is 1. The smallest absolute Gasteiger partial charge is 0.873 e. The number of hydrogen-bond acceptors (Lipinski definition) is 4. The van der Waals surface area contributed by atoms with Crippen molar-refractivity contribution in [2.75, 3.05) is 0 Å². The minimum Gasteiger partial charge on any atom is -0.873 e. The summed E-state index contributed by atoms with van der Waals surface area (Å²) in [6, 6.07) is 18.9. The molecule has 3 rings (SSSR count). The first kappa shape index (κ1) is 67.7. The van der Waals surface area contributed by atoms with E-state index in [0.29, 0.717) is 5.56 Å². The second-order valence-electron chi connectivity index (χ2n) is 21.2. The first-order valence-electron chi connectivity index (χ1n) is 30.7. The first-order valence-corrected chi connectivity index (χ1v) is 30.7. The van der Waals surface area contributed by atoms with Crippen LogP contribution in [0.3, 0.4) is 0 Å². The molecule has 0 saturated heterocycles. The van der Waals surface area contributed by atoms with Crippen LogP contribution in [0.4, 0.5) is 11.4 Å². The average Bonchev–Trinajstić information content (AvgIpc) is 3.38. The van der Waals surface area contributed by atoms with Crippen LogP contribution in [0.15, 0.2) is 64.6 Å². The van der Waals surface area contributed by atoms with E-state index in [9.17, 15) is 10.2 Å². The minimum atomic E-state index is -0.381. The zero-order chi connectivity index (χ0) is 52.1. The van der Waals surface area contributed by atoms with Gasteiger partial charge >= 0.3 is 16.5 Å². The molecule has 0 fully saturated rings. The molecular weight excluding hydrogens is 935 g/mol. The van der Waals surface area contributed by atoms with Crippen molar-refractivity contribution in [1.82, 2.24) is 0 Å². The third kappa shape index (κ3) is 34.0. The van der Waals surface area contributed by atoms with Gasteiger partial charge in [0.15, 0.2) is 0 Å². The van der Waals surface area contributed by atoms with Crippen molar-refractivity contribution >= 4 is 22.8 Å². The fourth-order valence-corrected chi connectivity index (χ4v) is 9.50. The summed E-state index contributed by atoms with van der Waals surface area (Å²) in [5, 5.41) is 22.2. The molecule has 73 heavy (non-hydrogen) atoms. The van der Waals surface area contributed by atoms with Gasteiger partial charge in [0.05, 0.1) is 17.1 Å². The van der Waals surface area contributed by atoms with E-state index in [1.807, 2.05) is 0 Å². The van der Waals surface area contributed by atoms with Crippen molar-refractivity contribution in [3.8, 4) is 23.3 Å². The van der Waals surface area contributed by atoms with Gasteiger partial charge < -0.3 is 10.2 Å². The summed E-state index contributed by atoms with van der Waals surface area (Å²) in [5.41, 5.74) is 10.4. The van der Waals surface area contributed by atoms with Crippen LogP contribution >= 0.6 is 0 Å². The van der Waals surface area contributed by atoms with Gasteiger partial charge in [-0.3, -0.25) is 4.99 Å². The molecule has 0 aliphatic heterocycles. The Kier molecular flexibility index (Phi) is 43.7. The molecule has 0 radical (unpaired) electrons. The summed E-state index contributed by atoms with van der Waals surface area (Å²) in [6.45, 7) is 15.9. The van der Waals surface area contributed by atoms with E-state index >= 15 is 0 Å². The van der Waals surface area contributed by atoms with Gasteiger partial charge in [-0.2, -0.15) is 0 Å². The van der Waals surface area contributed by atoms with Crippen LogP contribution in [0.5, 0.6) is 11.5 Å². The molecule has 3 aromatic carbocycles. The van der Waals surface area contributed by atoms with Gasteiger partial charge in [-0.25, -0.2) is 4.99 Å². The fourth-order valence-electron chi connectivity index (χ4n) is 9.50. The van der Waals surface area contributed by atoms with E-state index in [4.69, 9.17) is 9.98 Å². The molecule has 0 saturated carbocycles. The summed E-state index contributed by atoms with van der Waals surface area (Å²) in [7, 11) is 0. The number of rotatable bonds is 41. The molecule has 0 spiro atoms. The first-order chi connectivity index (χ1) is 35.3. The Morgan fingerprint density at radius 3 is 1.18 bits per heavy atom. The number of aryl methyl sites for hydroxylation is 5. The quantitative estimate of drug-likeness (QED) is 0.0246. The number of nitrogens with zero attached hydrogens (tertiary/aromatic N) is 2. The minimum absolute atomic E-state index is 0. The summed E-state index contributed by atoms with van der Waals surface area (Å²) in [5.74, 6) is 6.57. The van der Waals surface area contributed by atoms with Gasteiger partial charge in [-0.15, -0.1) is 11.5 Å². The van der Waals surface area contributed by atoms with Gasteiger partial charge in [0.25, 0.3) is 0 Å². The Bertz CT molecular complexity index is 1870. The maximum Gasteiger partial charge on any atom is 2.00 e. The molecule has 4 nitrogen and oxygen atoms in total. The third-order valence-corrected chi connectivity index (χ3v) is 14.1. The normalized spacial score (nSPS) is 11.5. The van der Waals surface area contributed by atoms with Crippen molar-refractivity contribution in [2.45, 2.75) is 299 Å². The van der Waals surface area contributed by atoms with Crippen LogP contribution in [0.1, 0.15) is 295 Å². The number of benzene rings is 3. The standard InChI is InChI=1S/C57H94N2.C11H16O2.Ni/c1-7-13-19-20-21-22-23-24-25-26-27-28-29-30-31-32-33-34-35-36-37-43-57(59-55-48-52(40-16-10-4)45-53(49-55)41-17-11-5)56(42-18-12-6)58-54-46-50(38-14-8-2)44-51(47-54)39-15-9-3;1-2-3-4-6-9-7-5-8-10(12)11(9)13;/h44-49H,7-36,38-42H2,1-6H3;5,7-8,12-13H,2-4,6H2,1H3;/q;;+2/p-2. The van der Waals surface area contributed by atoms with Gasteiger partial charge in [-0.1, -0.05) is 251 Å². The maximum absolute atomic E-state index is 11.3. The Morgan fingerprint density at radius 2 is 0.767 bits per heavy atom. The molecule has 0 bridgehead atoms. The molecular formula is C68H108N2NiO2. The number of aliphatic imine (C=N–C) groups is 2. The maximum atomic E-state index is 11.3. The molecule has 0 aliphatic carbocycles. The van der Waals surface area contributed by atoms with E-state index in [2.05, 4.69) is 96.7 Å². The molecule has 0 amide bonds. The molecule has 0 unspecified atom stereocenters. The van der Waals surface area contributed by atoms with Crippen LogP contribution in [0.25, 0.3) is 0 Å². The number of unbranched alkanes of at least 4 members (excludes halogenated alkanes) is 26. The summed E-state index contributed by atoms with van der Waals surface area (Å²) < 4.78 is 0. The molecule has 5 heteroatoms. The zero-order valence-electron chi connectivity index (χ0n) is 48.3. The predicted octanol–water partition coefficient (Wildman–Crippen LogP) is 20.5. The Labute approximate surface area is 461 Å². The zero-order valence-corrected chi connectivity index (χ0v) is 49.3. The van der Waals surface area contributed by atoms with Crippen LogP contribution in [0.2, 0.25) is 0 Å². The van der Waals surface area contributed by atoms with Crippen molar-refractivity contribution in [2.24, 2.45) is 9.98 Å². The van der Waals surface area contributed by atoms with Crippen molar-refractivity contribution in [3.63, 3.8) is 0 Å². The molecule has 0 aliphatic rings. The molecule has 412 valence electrons. The van der Waals surface area contributed by atoms with Crippen molar-refractivity contribution in [3.05, 3.63) is 82.4 Å². The molecule has 0 atom stereocenters. The van der Waals surface area contributed by atoms with Crippen LogP contribution < -0.4 is 10.2 Å². The Balaban J connectivity index is 0.00000164. The van der Waals surface area contributed by atoms with Gasteiger partial charge in [0.2, 0.25) is 0 Å². The average molecular weight is 1040 g/mol. The third-order valence-electron chi connectivity index (χ3n) is 14.1. The van der Waals surface area contributed by atoms with Crippen molar-refractivity contribution in [1.29, 1.82) is 0 Å². The van der Waals surface area contributed by atoms with E-state index in [1.165, 1.54) is 202 Å². The van der Waals surface area contributed by atoms with Gasteiger partial charge in [0, 0.05) is 6.42 Å². The van der Waals surface area contributed by atoms with Gasteiger partial charge in [0.1, 0.15) is 5.71 Å². The molecule has 0 aromatic heterocycles. The van der Waals surface area contributed by atoms with E-state index in [-0.39, 0.29) is 28.0 Å². The molecule has 3 aromatic rings. The Hall–Kier alpha value is -3.35. The fraction of sp³-hybridized carbons (Fsp3) is 0.676. The summed E-state index contributed by atoms with van der Waals surface area (Å²) >= 11 is 0. The van der Waals surface area contributed by atoms with E-state index in [0.717, 1.165) is 99.8 Å². The van der Waals surface area contributed by atoms with E-state index in [1.54, 1.807) is 12.1 Å². The molecule has 0 N–H and O–H groups in total. The van der Waals surface area contributed by atoms with Crippen LogP contribution in [-0.4, -0.2) is 11.4 Å². The molecule has 0 heterocycles. The predicted molar refractivity (Wildman–Crippen MR) is 315 cm³/mol. The van der Waals surface area contributed by atoms with Crippen LogP contribution in [-0.2, 0) is 48.6 Å². The summed E-state index contributed by atoms with van der Waals surface area (Å²) in [4.78, 5) is 10.9. The summed E-state index contributed by atoms with van der Waals surface area (Å²) in [6.07, 6.45) is 48.9. The Morgan fingerprint density at radius 1 is 0.397 bits per heavy atom. The second kappa shape index (κ2) is 47.1. The monoisotopic (exact) mass is 1040 g/mol. The van der Waals surface area contributed by atoms with E-state index < -0.39 is 0 Å². The SMILES string of the molecule is CCCCCCCCCCCCCCCCCCCCCC#CC(=Nc1cc(CCCC)cc(CCCC)c1)C(CCCC)=Nc1cc(CCCC)cc(CCCC)c1.CCCCCc1cccc([O-])c1[O-].[Ni+2]. The second-order valence-corrected chi connectivity index (χ2v) is 21.2. The van der Waals surface area contributed by atoms with Crippen LogP contribution in [0, 0.1) is 11.8 Å². The van der Waals surface area contributed by atoms with Crippen molar-refractivity contribution < 1.29 is 26.7 Å². The largest absolute Gasteiger partial charge is 2.00 e. The van der Waals surface area contributed by atoms with Gasteiger partial charge in [-0.05, 0) is 136 Å².